The average Bonchev–Trinajstić information content (AvgIpc) is 3.46. The van der Waals surface area contributed by atoms with Gasteiger partial charge in [0.2, 0.25) is 17.7 Å². The average molecular weight is 825 g/mol. The van der Waals surface area contributed by atoms with Crippen molar-refractivity contribution >= 4 is 56.8 Å². The normalized spacial score (nSPS) is 22.4. The fraction of sp³-hybridized carbons (Fsp3) is 0.476. The molecule has 2 atom stereocenters. The minimum atomic E-state index is -3.35. The number of nitrogens with two attached hydrogens (primary N) is 1. The van der Waals surface area contributed by atoms with Gasteiger partial charge in [-0.05, 0) is 99.1 Å². The van der Waals surface area contributed by atoms with Crippen LogP contribution in [0, 0.1) is 11.3 Å². The number of fused-ring (bicyclic) bond motifs is 1. The van der Waals surface area contributed by atoms with Gasteiger partial charge in [0.15, 0.2) is 9.84 Å². The van der Waals surface area contributed by atoms with Crippen molar-refractivity contribution in [1.82, 2.24) is 25.5 Å². The van der Waals surface area contributed by atoms with Crippen molar-refractivity contribution in [2.75, 3.05) is 42.2 Å². The van der Waals surface area contributed by atoms with Crippen LogP contribution in [0.4, 0.5) is 11.5 Å². The first-order valence-electron chi connectivity index (χ1n) is 20.3. The molecular formula is C42H48N8O8S. The number of anilines is 2. The van der Waals surface area contributed by atoms with Crippen molar-refractivity contribution in [2.24, 2.45) is 17.1 Å². The molecule has 310 valence electrons. The Morgan fingerprint density at radius 3 is 2.29 bits per heavy atom. The number of hydrogen-bond acceptors (Lipinski definition) is 12. The molecule has 2 aromatic carbocycles. The number of hydrogen-bond donors (Lipinski definition) is 3. The van der Waals surface area contributed by atoms with Gasteiger partial charge in [0.1, 0.15) is 17.6 Å². The fourth-order valence-corrected chi connectivity index (χ4v) is 10.1. The molecule has 17 heteroatoms. The molecule has 5 aliphatic rings. The van der Waals surface area contributed by atoms with Crippen molar-refractivity contribution in [3.05, 3.63) is 76.7 Å². The number of sulfone groups is 1. The smallest absolute Gasteiger partial charge is 0.269 e. The summed E-state index contributed by atoms with van der Waals surface area (Å²) in [7, 11) is -3.35. The Bertz CT molecular complexity index is 2330. The molecule has 8 rings (SSSR count). The van der Waals surface area contributed by atoms with Crippen molar-refractivity contribution in [1.29, 1.82) is 0 Å². The third kappa shape index (κ3) is 8.16. The maximum Gasteiger partial charge on any atom is 0.269 e. The maximum absolute atomic E-state index is 13.6. The van der Waals surface area contributed by atoms with Crippen LogP contribution in [0.25, 0.3) is 0 Å². The zero-order valence-electron chi connectivity index (χ0n) is 32.9. The topological polar surface area (TPSA) is 222 Å². The van der Waals surface area contributed by atoms with E-state index in [2.05, 4.69) is 25.4 Å². The molecule has 0 bridgehead atoms. The molecule has 5 heterocycles. The molecule has 1 unspecified atom stereocenters. The van der Waals surface area contributed by atoms with Crippen molar-refractivity contribution in [2.45, 2.75) is 87.6 Å². The lowest BCUT2D eigenvalue weighted by atomic mass is 9.65. The number of primary amides is 1. The van der Waals surface area contributed by atoms with Crippen LogP contribution >= 0.6 is 0 Å². The summed E-state index contributed by atoms with van der Waals surface area (Å²) >= 11 is 0. The van der Waals surface area contributed by atoms with Crippen molar-refractivity contribution in [3.8, 4) is 0 Å². The van der Waals surface area contributed by atoms with E-state index in [0.717, 1.165) is 86.9 Å². The van der Waals surface area contributed by atoms with Crippen molar-refractivity contribution in [3.63, 3.8) is 0 Å². The van der Waals surface area contributed by atoms with E-state index in [-0.39, 0.29) is 64.3 Å². The molecule has 4 N–H and O–H groups in total. The molecule has 1 spiro atoms. The molecule has 3 saturated heterocycles. The molecule has 0 radical (unpaired) electrons. The molecule has 59 heavy (non-hydrogen) atoms. The second-order valence-electron chi connectivity index (χ2n) is 16.7. The molecular weight excluding hydrogens is 777 g/mol. The van der Waals surface area contributed by atoms with Gasteiger partial charge in [0.05, 0.1) is 27.9 Å². The summed E-state index contributed by atoms with van der Waals surface area (Å²) < 4.78 is 23.8. The molecule has 16 nitrogen and oxygen atoms in total. The van der Waals surface area contributed by atoms with Crippen LogP contribution in [0.3, 0.4) is 0 Å². The summed E-state index contributed by atoms with van der Waals surface area (Å²) in [5.74, 6) is -2.19. The highest BCUT2D eigenvalue weighted by Crippen LogP contribution is 2.47. The van der Waals surface area contributed by atoms with Gasteiger partial charge >= 0.3 is 0 Å². The molecule has 4 aliphatic heterocycles. The number of piperidine rings is 3. The molecule has 4 fully saturated rings. The van der Waals surface area contributed by atoms with Gasteiger partial charge in [-0.1, -0.05) is 12.1 Å². The first-order chi connectivity index (χ1) is 28.2. The summed E-state index contributed by atoms with van der Waals surface area (Å²) in [5.41, 5.74) is 8.38. The molecule has 1 aromatic heterocycles. The van der Waals surface area contributed by atoms with Crippen LogP contribution in [-0.4, -0.2) is 103 Å². The third-order valence-corrected chi connectivity index (χ3v) is 14.0. The lowest BCUT2D eigenvalue weighted by molar-refractivity contribution is -0.136. The number of benzene rings is 2. The monoisotopic (exact) mass is 824 g/mol. The lowest BCUT2D eigenvalue weighted by Gasteiger charge is -2.46. The zero-order chi connectivity index (χ0) is 41.6. The number of amides is 6. The molecule has 1 saturated carbocycles. The van der Waals surface area contributed by atoms with E-state index in [1.165, 1.54) is 18.3 Å². The van der Waals surface area contributed by atoms with Gasteiger partial charge in [-0.3, -0.25) is 39.0 Å². The summed E-state index contributed by atoms with van der Waals surface area (Å²) in [4.78, 5) is 91.2. The largest absolute Gasteiger partial charge is 0.371 e. The predicted molar refractivity (Wildman–Crippen MR) is 215 cm³/mol. The molecule has 1 aliphatic carbocycles. The van der Waals surface area contributed by atoms with Crippen LogP contribution in [0.5, 0.6) is 0 Å². The Morgan fingerprint density at radius 2 is 1.61 bits per heavy atom. The standard InChI is InChI=1S/C42H48N8O8S/c1-59(57,58)29-7-4-25(5-8-29)21-32-36(37(43)52)44-23-34(46-32)49-18-2-3-27(24-49)45-38(53)26-12-14-42(15-13-26)16-19-48(20-17-42)28-6-9-30-31(22-28)41(56)50(40(30)55)33-10-11-35(51)47-39(33)54/h4-9,22-23,26-27,33H,2-3,10-21,24H2,1H3,(H2,43,52)(H,45,53)(H,47,51,54)/t27-,33?/m1/s1. The highest BCUT2D eigenvalue weighted by molar-refractivity contribution is 7.90. The van der Waals surface area contributed by atoms with E-state index in [1.54, 1.807) is 24.3 Å². The Balaban J connectivity index is 0.837. The number of nitrogens with zero attached hydrogens (tertiary/aromatic N) is 5. The first kappa shape index (κ1) is 40.1. The Labute approximate surface area is 342 Å². The van der Waals surface area contributed by atoms with Crippen LogP contribution < -0.4 is 26.2 Å². The van der Waals surface area contributed by atoms with Crippen LogP contribution in [0.15, 0.2) is 53.6 Å². The Kier molecular flexibility index (Phi) is 10.7. The molecule has 3 aromatic rings. The lowest BCUT2D eigenvalue weighted by Crippen LogP contribution is -2.54. The van der Waals surface area contributed by atoms with Crippen molar-refractivity contribution < 1.29 is 37.2 Å². The highest BCUT2D eigenvalue weighted by Gasteiger charge is 2.45. The SMILES string of the molecule is CS(=O)(=O)c1ccc(Cc2nc(N3CCC[C@@H](NC(=O)C4CCC5(CC4)CCN(c4ccc6c(c4)C(=O)N(C4CCC(=O)NC4=O)C6=O)CC5)C3)cnc2C(N)=O)cc1. The van der Waals surface area contributed by atoms with Crippen LogP contribution in [0.2, 0.25) is 0 Å². The number of aromatic nitrogens is 2. The summed E-state index contributed by atoms with van der Waals surface area (Å²) in [5, 5.41) is 5.55. The highest BCUT2D eigenvalue weighted by atomic mass is 32.2. The Morgan fingerprint density at radius 1 is 0.898 bits per heavy atom. The van der Waals surface area contributed by atoms with E-state index in [4.69, 9.17) is 10.7 Å². The van der Waals surface area contributed by atoms with E-state index < -0.39 is 45.4 Å². The number of nitrogens with one attached hydrogen (secondary N) is 2. The van der Waals surface area contributed by atoms with Gasteiger partial charge in [0.25, 0.3) is 17.7 Å². The molecule has 6 amide bonds. The fourth-order valence-electron chi connectivity index (χ4n) is 9.46. The van der Waals surface area contributed by atoms with Gasteiger partial charge in [-0.2, -0.15) is 0 Å². The second-order valence-corrected chi connectivity index (χ2v) is 18.7. The second kappa shape index (κ2) is 15.8. The van der Waals surface area contributed by atoms with Crippen LogP contribution in [-0.2, 0) is 30.6 Å². The van der Waals surface area contributed by atoms with E-state index in [9.17, 15) is 37.2 Å². The Hall–Kier alpha value is -5.71. The number of rotatable bonds is 9. The quantitative estimate of drug-likeness (QED) is 0.265. The van der Waals surface area contributed by atoms with E-state index >= 15 is 0 Å². The number of carbonyl (C=O) groups is 6. The third-order valence-electron chi connectivity index (χ3n) is 12.9. The predicted octanol–water partition coefficient (Wildman–Crippen LogP) is 2.53. The van der Waals surface area contributed by atoms with E-state index in [0.29, 0.717) is 24.6 Å². The summed E-state index contributed by atoms with van der Waals surface area (Å²) in [6, 6.07) is 10.6. The van der Waals surface area contributed by atoms with Gasteiger partial charge in [-0.15, -0.1) is 0 Å². The summed E-state index contributed by atoms with van der Waals surface area (Å²) in [6.07, 6.45) is 10.2. The van der Waals surface area contributed by atoms with E-state index in [1.807, 2.05) is 6.07 Å². The van der Waals surface area contributed by atoms with Crippen LogP contribution in [0.1, 0.15) is 107 Å². The summed E-state index contributed by atoms with van der Waals surface area (Å²) in [6.45, 7) is 2.83. The van der Waals surface area contributed by atoms with Gasteiger partial charge in [0, 0.05) is 62.9 Å². The maximum atomic E-state index is 13.6. The van der Waals surface area contributed by atoms with Gasteiger partial charge < -0.3 is 20.9 Å². The first-order valence-corrected chi connectivity index (χ1v) is 22.2. The minimum Gasteiger partial charge on any atom is -0.371 e. The zero-order valence-corrected chi connectivity index (χ0v) is 33.8. The minimum absolute atomic E-state index is 0.0565. The van der Waals surface area contributed by atoms with Gasteiger partial charge in [-0.25, -0.2) is 18.4 Å². The number of imide groups is 2. The number of carbonyl (C=O) groups excluding carboxylic acids is 6.